The highest BCUT2D eigenvalue weighted by Crippen LogP contribution is 2.31. The molecule has 6 heteroatoms. The number of rotatable bonds is 5. The van der Waals surface area contributed by atoms with Crippen LogP contribution >= 0.6 is 0 Å². The van der Waals surface area contributed by atoms with Gasteiger partial charge >= 0.3 is 0 Å². The molecule has 1 aromatic rings. The Morgan fingerprint density at radius 2 is 1.83 bits per heavy atom. The van der Waals surface area contributed by atoms with Crippen molar-refractivity contribution < 1.29 is 19.0 Å². The van der Waals surface area contributed by atoms with Gasteiger partial charge in [0.1, 0.15) is 5.75 Å². The van der Waals surface area contributed by atoms with Gasteiger partial charge in [0.05, 0.1) is 25.9 Å². The number of likely N-dealkylation sites (tertiary alicyclic amines) is 1. The Hall–Kier alpha value is -1.63. The zero-order valence-electron chi connectivity index (χ0n) is 14.4. The molecule has 1 spiro atoms. The summed E-state index contributed by atoms with van der Waals surface area (Å²) < 4.78 is 17.0. The second-order valence-corrected chi connectivity index (χ2v) is 6.62. The van der Waals surface area contributed by atoms with E-state index in [1.165, 1.54) is 0 Å². The van der Waals surface area contributed by atoms with Crippen LogP contribution in [0.15, 0.2) is 24.3 Å². The second-order valence-electron chi connectivity index (χ2n) is 6.62. The van der Waals surface area contributed by atoms with Gasteiger partial charge < -0.3 is 19.5 Å². The number of carbonyl (C=O) groups is 1. The lowest BCUT2D eigenvalue weighted by atomic mass is 10.0. The molecule has 3 rings (SSSR count). The second kappa shape index (κ2) is 7.51. The average Bonchev–Trinajstić information content (AvgIpc) is 3.00. The number of piperidine rings is 1. The fraction of sp³-hybridized carbons (Fsp3) is 0.611. The summed E-state index contributed by atoms with van der Waals surface area (Å²) in [6.45, 7) is 7.34. The van der Waals surface area contributed by atoms with Gasteiger partial charge in [-0.3, -0.25) is 9.69 Å². The fourth-order valence-electron chi connectivity index (χ4n) is 3.13. The van der Waals surface area contributed by atoms with Gasteiger partial charge in [-0.25, -0.2) is 0 Å². The van der Waals surface area contributed by atoms with Gasteiger partial charge in [-0.05, 0) is 38.1 Å². The van der Waals surface area contributed by atoms with E-state index < -0.39 is 0 Å². The van der Waals surface area contributed by atoms with Crippen LogP contribution < -0.4 is 10.1 Å². The van der Waals surface area contributed by atoms with E-state index in [0.29, 0.717) is 19.8 Å². The van der Waals surface area contributed by atoms with Crippen molar-refractivity contribution in [2.45, 2.75) is 38.6 Å². The maximum absolute atomic E-state index is 12.2. The highest BCUT2D eigenvalue weighted by molar-refractivity contribution is 5.92. The number of ether oxygens (including phenoxy) is 3. The lowest BCUT2D eigenvalue weighted by Crippen LogP contribution is -2.47. The van der Waals surface area contributed by atoms with E-state index in [9.17, 15) is 4.79 Å². The number of hydrogen-bond donors (Lipinski definition) is 1. The third kappa shape index (κ3) is 4.47. The van der Waals surface area contributed by atoms with Gasteiger partial charge in [0.2, 0.25) is 5.91 Å². The van der Waals surface area contributed by atoms with Crippen LogP contribution in [0.25, 0.3) is 0 Å². The van der Waals surface area contributed by atoms with Crippen molar-refractivity contribution in [1.82, 2.24) is 4.90 Å². The number of benzene rings is 1. The van der Waals surface area contributed by atoms with Crippen LogP contribution in [-0.4, -0.2) is 55.5 Å². The Morgan fingerprint density at radius 3 is 2.42 bits per heavy atom. The van der Waals surface area contributed by atoms with Crippen LogP contribution in [0, 0.1) is 0 Å². The molecule has 6 nitrogen and oxygen atoms in total. The Labute approximate surface area is 143 Å². The van der Waals surface area contributed by atoms with Crippen molar-refractivity contribution in [3.63, 3.8) is 0 Å². The first-order valence-electron chi connectivity index (χ1n) is 8.61. The van der Waals surface area contributed by atoms with E-state index in [4.69, 9.17) is 14.2 Å². The van der Waals surface area contributed by atoms with Crippen LogP contribution in [0.4, 0.5) is 5.69 Å². The minimum Gasteiger partial charge on any atom is -0.491 e. The lowest BCUT2D eigenvalue weighted by molar-refractivity contribution is -0.185. The van der Waals surface area contributed by atoms with E-state index in [1.54, 1.807) is 0 Å². The van der Waals surface area contributed by atoms with E-state index in [2.05, 4.69) is 10.2 Å². The number of anilines is 1. The largest absolute Gasteiger partial charge is 0.491 e. The molecule has 2 saturated heterocycles. The lowest BCUT2D eigenvalue weighted by Gasteiger charge is -2.37. The minimum atomic E-state index is -0.390. The molecule has 1 amide bonds. The molecule has 0 bridgehead atoms. The van der Waals surface area contributed by atoms with Crippen LogP contribution in [0.5, 0.6) is 5.75 Å². The number of nitrogens with zero attached hydrogens (tertiary/aromatic N) is 1. The predicted octanol–water partition coefficient (Wildman–Crippen LogP) is 2.25. The molecule has 1 N–H and O–H groups in total. The molecular formula is C18H26N2O4. The summed E-state index contributed by atoms with van der Waals surface area (Å²) in [4.78, 5) is 14.4. The smallest absolute Gasteiger partial charge is 0.238 e. The molecule has 2 fully saturated rings. The summed E-state index contributed by atoms with van der Waals surface area (Å²) in [6, 6.07) is 7.46. The van der Waals surface area contributed by atoms with Gasteiger partial charge in [0.25, 0.3) is 0 Å². The van der Waals surface area contributed by atoms with Crippen molar-refractivity contribution in [2.75, 3.05) is 38.2 Å². The topological polar surface area (TPSA) is 60.0 Å². The minimum absolute atomic E-state index is 0.00302. The summed E-state index contributed by atoms with van der Waals surface area (Å²) in [5.74, 6) is 0.414. The molecule has 2 heterocycles. The average molecular weight is 334 g/mol. The van der Waals surface area contributed by atoms with Crippen molar-refractivity contribution in [3.8, 4) is 5.75 Å². The summed E-state index contributed by atoms with van der Waals surface area (Å²) in [7, 11) is 0. The maximum atomic E-state index is 12.2. The van der Waals surface area contributed by atoms with Crippen molar-refractivity contribution in [2.24, 2.45) is 0 Å². The number of amides is 1. The molecule has 0 saturated carbocycles. The van der Waals surface area contributed by atoms with Crippen LogP contribution in [0.3, 0.4) is 0 Å². The number of nitrogens with one attached hydrogen (secondary N) is 1. The molecule has 0 aromatic heterocycles. The maximum Gasteiger partial charge on any atom is 0.238 e. The molecule has 2 aliphatic rings. The predicted molar refractivity (Wildman–Crippen MR) is 91.1 cm³/mol. The molecule has 0 radical (unpaired) electrons. The molecule has 2 aliphatic heterocycles. The monoisotopic (exact) mass is 334 g/mol. The van der Waals surface area contributed by atoms with Crippen molar-refractivity contribution in [3.05, 3.63) is 24.3 Å². The standard InChI is InChI=1S/C18H26N2O4/c1-14(2)24-16-5-3-15(4-6-16)19-17(21)13-20-9-7-18(8-10-20)22-11-12-23-18/h3-6,14H,7-13H2,1-2H3,(H,19,21). The van der Waals surface area contributed by atoms with Gasteiger partial charge in [-0.2, -0.15) is 0 Å². The molecular weight excluding hydrogens is 308 g/mol. The van der Waals surface area contributed by atoms with Crippen LogP contribution in [0.1, 0.15) is 26.7 Å². The molecule has 1 aromatic carbocycles. The summed E-state index contributed by atoms with van der Waals surface area (Å²) in [5, 5.41) is 2.93. The summed E-state index contributed by atoms with van der Waals surface area (Å²) in [5.41, 5.74) is 0.784. The Balaban J connectivity index is 1.44. The zero-order chi connectivity index (χ0) is 17.0. The van der Waals surface area contributed by atoms with Crippen molar-refractivity contribution in [1.29, 1.82) is 0 Å². The molecule has 132 valence electrons. The summed E-state index contributed by atoms with van der Waals surface area (Å²) in [6.07, 6.45) is 1.78. The van der Waals surface area contributed by atoms with Crippen molar-refractivity contribution >= 4 is 11.6 Å². The number of hydrogen-bond acceptors (Lipinski definition) is 5. The van der Waals surface area contributed by atoms with Crippen LogP contribution in [0.2, 0.25) is 0 Å². The molecule has 0 atom stereocenters. The third-order valence-corrected chi connectivity index (χ3v) is 4.31. The third-order valence-electron chi connectivity index (χ3n) is 4.31. The van der Waals surface area contributed by atoms with Gasteiger partial charge in [-0.1, -0.05) is 0 Å². The van der Waals surface area contributed by atoms with E-state index in [-0.39, 0.29) is 17.8 Å². The Bertz CT molecular complexity index is 543. The van der Waals surface area contributed by atoms with E-state index >= 15 is 0 Å². The quantitative estimate of drug-likeness (QED) is 0.895. The number of carbonyl (C=O) groups excluding carboxylic acids is 1. The molecule has 24 heavy (non-hydrogen) atoms. The SMILES string of the molecule is CC(C)Oc1ccc(NC(=O)CN2CCC3(CC2)OCCO3)cc1. The summed E-state index contributed by atoms with van der Waals surface area (Å²) >= 11 is 0. The van der Waals surface area contributed by atoms with Gasteiger partial charge in [0.15, 0.2) is 5.79 Å². The normalized spacial score (nSPS) is 20.5. The zero-order valence-corrected chi connectivity index (χ0v) is 14.4. The van der Waals surface area contributed by atoms with Gasteiger partial charge in [0, 0.05) is 31.6 Å². The van der Waals surface area contributed by atoms with E-state index in [1.807, 2.05) is 38.1 Å². The molecule has 0 unspecified atom stereocenters. The first kappa shape index (κ1) is 17.2. The first-order valence-corrected chi connectivity index (χ1v) is 8.61. The Kier molecular flexibility index (Phi) is 5.38. The highest BCUT2D eigenvalue weighted by Gasteiger charge is 2.39. The first-order chi connectivity index (χ1) is 11.5. The van der Waals surface area contributed by atoms with Gasteiger partial charge in [-0.15, -0.1) is 0 Å². The van der Waals surface area contributed by atoms with E-state index in [0.717, 1.165) is 37.4 Å². The van der Waals surface area contributed by atoms with Crippen LogP contribution in [-0.2, 0) is 14.3 Å². The Morgan fingerprint density at radius 1 is 1.21 bits per heavy atom. The highest BCUT2D eigenvalue weighted by atomic mass is 16.7. The fourth-order valence-corrected chi connectivity index (χ4v) is 3.13. The molecule has 0 aliphatic carbocycles.